The van der Waals surface area contributed by atoms with Crippen molar-refractivity contribution in [2.75, 3.05) is 5.73 Å². The minimum absolute atomic E-state index is 0.0158. The van der Waals surface area contributed by atoms with Gasteiger partial charge in [0, 0.05) is 6.04 Å². The Morgan fingerprint density at radius 2 is 1.94 bits per heavy atom. The van der Waals surface area contributed by atoms with Crippen molar-refractivity contribution in [1.29, 1.82) is 0 Å². The van der Waals surface area contributed by atoms with Crippen LogP contribution in [0.2, 0.25) is 10.0 Å². The number of sulfonamides is 1. The first-order valence-corrected chi connectivity index (χ1v) is 7.81. The zero-order valence-corrected chi connectivity index (χ0v) is 12.1. The Bertz CT molecular complexity index is 569. The molecule has 0 atom stereocenters. The highest BCUT2D eigenvalue weighted by atomic mass is 35.5. The molecule has 4 nitrogen and oxygen atoms in total. The molecule has 0 heterocycles. The van der Waals surface area contributed by atoms with Crippen molar-refractivity contribution in [2.45, 2.75) is 30.7 Å². The molecular formula is C11H14Cl2N2O2S. The van der Waals surface area contributed by atoms with Gasteiger partial charge in [-0.05, 0) is 30.9 Å². The molecule has 0 amide bonds. The van der Waals surface area contributed by atoms with Gasteiger partial charge in [0.15, 0.2) is 0 Å². The van der Waals surface area contributed by atoms with E-state index >= 15 is 0 Å². The standard InChI is InChI=1S/C11H14Cl2N2O2S/c1-6-4-7(5-6)15-18(16,17)9-3-2-8(12)11(14)10(9)13/h2-3,6-7,15H,4-5,14H2,1H3. The highest BCUT2D eigenvalue weighted by Crippen LogP contribution is 2.34. The molecule has 0 saturated heterocycles. The van der Waals surface area contributed by atoms with E-state index in [0.717, 1.165) is 12.8 Å². The van der Waals surface area contributed by atoms with Gasteiger partial charge in [0.25, 0.3) is 0 Å². The van der Waals surface area contributed by atoms with Crippen LogP contribution in [0.3, 0.4) is 0 Å². The van der Waals surface area contributed by atoms with Crippen LogP contribution >= 0.6 is 23.2 Å². The van der Waals surface area contributed by atoms with Crippen LogP contribution in [-0.4, -0.2) is 14.5 Å². The molecule has 0 aromatic heterocycles. The van der Waals surface area contributed by atoms with Gasteiger partial charge in [-0.1, -0.05) is 30.1 Å². The average Bonchev–Trinajstić information content (AvgIpc) is 2.23. The molecule has 0 bridgehead atoms. The first kappa shape index (κ1) is 13.9. The highest BCUT2D eigenvalue weighted by molar-refractivity contribution is 7.89. The van der Waals surface area contributed by atoms with Crippen LogP contribution in [0.4, 0.5) is 5.69 Å². The fourth-order valence-corrected chi connectivity index (χ4v) is 4.07. The van der Waals surface area contributed by atoms with Gasteiger partial charge in [0.05, 0.1) is 15.7 Å². The maximum absolute atomic E-state index is 12.1. The van der Waals surface area contributed by atoms with Crippen LogP contribution in [0, 0.1) is 5.92 Å². The summed E-state index contributed by atoms with van der Waals surface area (Å²) in [5.74, 6) is 0.559. The fourth-order valence-electron chi connectivity index (χ4n) is 2.04. The van der Waals surface area contributed by atoms with Crippen molar-refractivity contribution in [3.63, 3.8) is 0 Å². The molecule has 0 radical (unpaired) electrons. The molecule has 1 aliphatic carbocycles. The molecule has 0 unspecified atom stereocenters. The van der Waals surface area contributed by atoms with Crippen molar-refractivity contribution in [1.82, 2.24) is 4.72 Å². The molecule has 1 aromatic rings. The molecule has 1 aliphatic rings. The average molecular weight is 309 g/mol. The first-order valence-electron chi connectivity index (χ1n) is 5.57. The maximum Gasteiger partial charge on any atom is 0.242 e. The number of rotatable bonds is 3. The number of halogens is 2. The SMILES string of the molecule is CC1CC(NS(=O)(=O)c2ccc(Cl)c(N)c2Cl)C1. The molecule has 1 saturated carbocycles. The van der Waals surface area contributed by atoms with Gasteiger partial charge in [0.1, 0.15) is 4.90 Å². The van der Waals surface area contributed by atoms with Crippen LogP contribution in [0.5, 0.6) is 0 Å². The van der Waals surface area contributed by atoms with E-state index in [0.29, 0.717) is 5.92 Å². The minimum atomic E-state index is -3.63. The lowest BCUT2D eigenvalue weighted by atomic mass is 9.83. The first-order chi connectivity index (χ1) is 8.31. The Labute approximate surface area is 117 Å². The molecule has 3 N–H and O–H groups in total. The van der Waals surface area contributed by atoms with Crippen molar-refractivity contribution in [3.05, 3.63) is 22.2 Å². The highest BCUT2D eigenvalue weighted by Gasteiger charge is 2.31. The predicted octanol–water partition coefficient (Wildman–Crippen LogP) is 2.65. The Kier molecular flexibility index (Phi) is 3.78. The summed E-state index contributed by atoms with van der Waals surface area (Å²) < 4.78 is 26.9. The van der Waals surface area contributed by atoms with E-state index < -0.39 is 10.0 Å². The molecule has 1 fully saturated rings. The summed E-state index contributed by atoms with van der Waals surface area (Å²) in [5, 5.41) is 0.221. The Balaban J connectivity index is 2.27. The van der Waals surface area contributed by atoms with Gasteiger partial charge >= 0.3 is 0 Å². The van der Waals surface area contributed by atoms with E-state index in [1.165, 1.54) is 12.1 Å². The zero-order chi connectivity index (χ0) is 13.5. The van der Waals surface area contributed by atoms with E-state index in [4.69, 9.17) is 28.9 Å². The second kappa shape index (κ2) is 4.89. The summed E-state index contributed by atoms with van der Waals surface area (Å²) in [4.78, 5) is -0.0226. The normalized spacial score (nSPS) is 23.7. The van der Waals surface area contributed by atoms with Gasteiger partial charge in [-0.3, -0.25) is 0 Å². The summed E-state index contributed by atoms with van der Waals surface area (Å²) in [6.07, 6.45) is 1.69. The van der Waals surface area contributed by atoms with Crippen LogP contribution in [0.1, 0.15) is 19.8 Å². The van der Waals surface area contributed by atoms with Gasteiger partial charge in [0.2, 0.25) is 10.0 Å². The molecule has 100 valence electrons. The number of anilines is 1. The van der Waals surface area contributed by atoms with Gasteiger partial charge in [-0.2, -0.15) is 0 Å². The van der Waals surface area contributed by atoms with Crippen LogP contribution in [-0.2, 0) is 10.0 Å². The number of benzene rings is 1. The lowest BCUT2D eigenvalue weighted by Crippen LogP contribution is -2.43. The third-order valence-corrected chi connectivity index (χ3v) is 5.49. The summed E-state index contributed by atoms with van der Waals surface area (Å²) in [6.45, 7) is 2.08. The number of nitrogen functional groups attached to an aromatic ring is 1. The fraction of sp³-hybridized carbons (Fsp3) is 0.455. The zero-order valence-electron chi connectivity index (χ0n) is 9.78. The van der Waals surface area contributed by atoms with Gasteiger partial charge in [-0.25, -0.2) is 13.1 Å². The van der Waals surface area contributed by atoms with Crippen molar-refractivity contribution >= 4 is 38.9 Å². The van der Waals surface area contributed by atoms with Crippen molar-refractivity contribution < 1.29 is 8.42 Å². The van der Waals surface area contributed by atoms with Crippen molar-refractivity contribution in [2.24, 2.45) is 5.92 Å². The Morgan fingerprint density at radius 3 is 2.50 bits per heavy atom. The predicted molar refractivity (Wildman–Crippen MR) is 73.4 cm³/mol. The molecular weight excluding hydrogens is 295 g/mol. The smallest absolute Gasteiger partial charge is 0.242 e. The Hall–Kier alpha value is -0.490. The molecule has 0 aliphatic heterocycles. The number of hydrogen-bond donors (Lipinski definition) is 2. The summed E-state index contributed by atoms with van der Waals surface area (Å²) >= 11 is 11.7. The van der Waals surface area contributed by atoms with E-state index in [1.54, 1.807) is 0 Å². The molecule has 18 heavy (non-hydrogen) atoms. The summed E-state index contributed by atoms with van der Waals surface area (Å²) in [5.41, 5.74) is 5.71. The molecule has 1 aromatic carbocycles. The van der Waals surface area contributed by atoms with Crippen molar-refractivity contribution in [3.8, 4) is 0 Å². The number of nitrogens with two attached hydrogens (primary N) is 1. The van der Waals surface area contributed by atoms with E-state index in [-0.39, 0.29) is 26.7 Å². The third-order valence-electron chi connectivity index (χ3n) is 3.08. The quantitative estimate of drug-likeness (QED) is 0.843. The van der Waals surface area contributed by atoms with Crippen LogP contribution in [0.15, 0.2) is 17.0 Å². The van der Waals surface area contributed by atoms with E-state index in [9.17, 15) is 8.42 Å². The summed E-state index contributed by atoms with van der Waals surface area (Å²) in [7, 11) is -3.63. The molecule has 2 rings (SSSR count). The second-order valence-corrected chi connectivity index (χ2v) is 7.14. The van der Waals surface area contributed by atoms with Crippen LogP contribution < -0.4 is 10.5 Å². The van der Waals surface area contributed by atoms with Crippen LogP contribution in [0.25, 0.3) is 0 Å². The second-order valence-electron chi connectivity index (χ2n) is 4.67. The van der Waals surface area contributed by atoms with Gasteiger partial charge < -0.3 is 5.73 Å². The lowest BCUT2D eigenvalue weighted by Gasteiger charge is -2.33. The maximum atomic E-state index is 12.1. The largest absolute Gasteiger partial charge is 0.396 e. The van der Waals surface area contributed by atoms with E-state index in [2.05, 4.69) is 11.6 Å². The molecule has 7 heteroatoms. The number of hydrogen-bond acceptors (Lipinski definition) is 3. The topological polar surface area (TPSA) is 72.2 Å². The van der Waals surface area contributed by atoms with Gasteiger partial charge in [-0.15, -0.1) is 0 Å². The summed E-state index contributed by atoms with van der Waals surface area (Å²) in [6, 6.07) is 2.78. The Morgan fingerprint density at radius 1 is 1.33 bits per heavy atom. The monoisotopic (exact) mass is 308 g/mol. The number of nitrogens with one attached hydrogen (secondary N) is 1. The molecule has 0 spiro atoms. The van der Waals surface area contributed by atoms with E-state index in [1.807, 2.05) is 0 Å². The lowest BCUT2D eigenvalue weighted by molar-refractivity contribution is 0.270. The third kappa shape index (κ3) is 2.59. The minimum Gasteiger partial charge on any atom is -0.396 e.